The molecule has 3 aromatic rings. The number of fused-ring (bicyclic) bond motifs is 3. The Morgan fingerprint density at radius 3 is 2.46 bits per heavy atom. The van der Waals surface area contributed by atoms with Crippen molar-refractivity contribution in [2.24, 2.45) is 5.41 Å². The molecule has 3 amide bonds. The fraction of sp³-hybridized carbons (Fsp3) is 0.407. The number of carbonyl (C=O) groups is 3. The van der Waals surface area contributed by atoms with Gasteiger partial charge in [-0.3, -0.25) is 14.4 Å². The summed E-state index contributed by atoms with van der Waals surface area (Å²) in [6.45, 7) is 5.86. The molecule has 2 saturated heterocycles. The van der Waals surface area contributed by atoms with Crippen molar-refractivity contribution in [3.63, 3.8) is 0 Å². The van der Waals surface area contributed by atoms with Crippen LogP contribution in [0.3, 0.4) is 0 Å². The predicted molar refractivity (Wildman–Crippen MR) is 157 cm³/mol. The molecule has 0 radical (unpaired) electrons. The Morgan fingerprint density at radius 2 is 1.83 bits per heavy atom. The number of rotatable bonds is 7. The summed E-state index contributed by atoms with van der Waals surface area (Å²) in [5.41, 5.74) is 0.634. The first kappa shape index (κ1) is 29.5. The minimum Gasteiger partial charge on any atom is -0.351 e. The topological polar surface area (TPSA) is 145 Å². The molecule has 0 aliphatic carbocycles. The highest BCUT2D eigenvalue weighted by atomic mass is 79.9. The number of piperazine rings is 1. The second kappa shape index (κ2) is 11.0. The van der Waals surface area contributed by atoms with Gasteiger partial charge < -0.3 is 20.1 Å². The van der Waals surface area contributed by atoms with Crippen molar-refractivity contribution < 1.29 is 22.8 Å². The number of halogens is 2. The third-order valence-electron chi connectivity index (χ3n) is 7.50. The Hall–Kier alpha value is -3.00. The van der Waals surface area contributed by atoms with Crippen LogP contribution in [0.5, 0.6) is 0 Å². The number of aromatic amines is 1. The van der Waals surface area contributed by atoms with Crippen LogP contribution in [0.1, 0.15) is 37.7 Å². The highest BCUT2D eigenvalue weighted by Gasteiger charge is 2.49. The number of carbonyl (C=O) groups excluding carboxylic acids is 3. The molecular weight excluding hydrogens is 636 g/mol. The maximum atomic E-state index is 13.7. The molecule has 2 aliphatic rings. The van der Waals surface area contributed by atoms with Crippen molar-refractivity contribution in [3.8, 4) is 0 Å². The number of benzene rings is 1. The minimum absolute atomic E-state index is 0.121. The Balaban J connectivity index is 1.21. The van der Waals surface area contributed by atoms with E-state index in [9.17, 15) is 22.8 Å². The zero-order valence-corrected chi connectivity index (χ0v) is 25.8. The summed E-state index contributed by atoms with van der Waals surface area (Å²) in [5.74, 6) is -0.956. The fourth-order valence-electron chi connectivity index (χ4n) is 5.35. The molecule has 14 heteroatoms. The number of nitrogens with one attached hydrogen (secondary N) is 3. The molecule has 0 saturated carbocycles. The van der Waals surface area contributed by atoms with Crippen LogP contribution in [-0.2, 0) is 19.6 Å². The zero-order chi connectivity index (χ0) is 29.7. The molecule has 11 nitrogen and oxygen atoms in total. The van der Waals surface area contributed by atoms with Crippen LogP contribution in [0.4, 0.5) is 0 Å². The third kappa shape index (κ3) is 5.99. The van der Waals surface area contributed by atoms with Crippen molar-refractivity contribution in [3.05, 3.63) is 57.9 Å². The normalized spacial score (nSPS) is 19.5. The molecule has 0 spiro atoms. The monoisotopic (exact) mass is 664 g/mol. The van der Waals surface area contributed by atoms with Crippen LogP contribution >= 0.6 is 27.5 Å². The predicted octanol–water partition coefficient (Wildman–Crippen LogP) is 2.91. The molecule has 2 bridgehead atoms. The van der Waals surface area contributed by atoms with Crippen LogP contribution in [0, 0.1) is 5.41 Å². The maximum Gasteiger partial charge on any atom is 0.268 e. The van der Waals surface area contributed by atoms with E-state index >= 15 is 0 Å². The van der Waals surface area contributed by atoms with E-state index in [-0.39, 0.29) is 46.4 Å². The van der Waals surface area contributed by atoms with Crippen molar-refractivity contribution in [1.29, 1.82) is 0 Å². The number of likely N-dealkylation sites (tertiary alicyclic amines) is 2. The lowest BCUT2D eigenvalue weighted by molar-refractivity contribution is -0.142. The first-order chi connectivity index (χ1) is 19.2. The van der Waals surface area contributed by atoms with Gasteiger partial charge in [0.05, 0.1) is 23.1 Å². The first-order valence-electron chi connectivity index (χ1n) is 13.0. The van der Waals surface area contributed by atoms with Crippen LogP contribution < -0.4 is 10.0 Å². The molecule has 5 rings (SSSR count). The molecule has 0 unspecified atom stereocenters. The van der Waals surface area contributed by atoms with Crippen molar-refractivity contribution >= 4 is 66.2 Å². The van der Waals surface area contributed by atoms with E-state index in [0.29, 0.717) is 23.1 Å². The fourth-order valence-corrected chi connectivity index (χ4v) is 6.90. The average Bonchev–Trinajstić information content (AvgIpc) is 3.65. The van der Waals surface area contributed by atoms with Gasteiger partial charge in [-0.1, -0.05) is 50.6 Å². The third-order valence-corrected chi connectivity index (χ3v) is 10.0. The van der Waals surface area contributed by atoms with Gasteiger partial charge in [-0.25, -0.2) is 18.1 Å². The van der Waals surface area contributed by atoms with Crippen LogP contribution in [0.15, 0.2) is 52.0 Å². The molecule has 3 atom stereocenters. The molecule has 4 heterocycles. The maximum absolute atomic E-state index is 13.7. The lowest BCUT2D eigenvalue weighted by atomic mass is 9.85. The Morgan fingerprint density at radius 1 is 1.15 bits per heavy atom. The molecule has 2 aliphatic heterocycles. The number of pyridine rings is 1. The Kier molecular flexibility index (Phi) is 7.92. The summed E-state index contributed by atoms with van der Waals surface area (Å²) in [6, 6.07) is 9.37. The van der Waals surface area contributed by atoms with E-state index in [2.05, 4.69) is 35.9 Å². The van der Waals surface area contributed by atoms with E-state index in [0.717, 1.165) is 17.1 Å². The summed E-state index contributed by atoms with van der Waals surface area (Å²) in [5, 5.41) is 3.95. The number of aromatic nitrogens is 2. The number of hydrogen-bond acceptors (Lipinski definition) is 6. The smallest absolute Gasteiger partial charge is 0.268 e. The van der Waals surface area contributed by atoms with E-state index in [1.54, 1.807) is 15.9 Å². The van der Waals surface area contributed by atoms with Gasteiger partial charge in [0.1, 0.15) is 21.8 Å². The number of para-hydroxylation sites is 1. The number of nitrogens with zero attached hydrogens (tertiary/aromatic N) is 3. The Labute approximate surface area is 251 Å². The number of hydrogen-bond donors (Lipinski definition) is 3. The van der Waals surface area contributed by atoms with Gasteiger partial charge in [0, 0.05) is 30.2 Å². The summed E-state index contributed by atoms with van der Waals surface area (Å²) in [4.78, 5) is 50.0. The molecule has 3 N–H and O–H groups in total. The lowest BCUT2D eigenvalue weighted by Gasteiger charge is -2.39. The first-order valence-corrected chi connectivity index (χ1v) is 15.7. The van der Waals surface area contributed by atoms with Gasteiger partial charge in [-0.15, -0.1) is 0 Å². The Bertz CT molecular complexity index is 1610. The van der Waals surface area contributed by atoms with Crippen molar-refractivity contribution in [2.75, 3.05) is 19.6 Å². The second-order valence-corrected chi connectivity index (χ2v) is 14.4. The highest BCUT2D eigenvalue weighted by molar-refractivity contribution is 9.10. The van der Waals surface area contributed by atoms with E-state index in [1.807, 2.05) is 45.0 Å². The van der Waals surface area contributed by atoms with E-state index in [1.165, 1.54) is 6.07 Å². The van der Waals surface area contributed by atoms with Gasteiger partial charge in [-0.05, 0) is 46.0 Å². The number of H-pyrrole nitrogens is 1. The SMILES string of the molecule is CC(C)(C)[C@H](NC(=O)c1cc2ccccc2[nH]1)C(=O)N1C[C@@H]2C[C@H]1CN2C(=O)CNS(=O)(=O)c1cnc(Cl)c(Br)c1. The minimum atomic E-state index is -3.99. The molecular formula is C27H30BrClN6O5S. The molecule has 1 aromatic carbocycles. The van der Waals surface area contributed by atoms with Gasteiger partial charge in [0.15, 0.2) is 0 Å². The van der Waals surface area contributed by atoms with E-state index < -0.39 is 28.0 Å². The second-order valence-electron chi connectivity index (χ2n) is 11.4. The van der Waals surface area contributed by atoms with Crippen LogP contribution in [0.2, 0.25) is 5.15 Å². The average molecular weight is 666 g/mol. The van der Waals surface area contributed by atoms with Crippen molar-refractivity contribution in [2.45, 2.75) is 50.2 Å². The summed E-state index contributed by atoms with van der Waals surface area (Å²) < 4.78 is 27.9. The largest absolute Gasteiger partial charge is 0.351 e. The zero-order valence-electron chi connectivity index (χ0n) is 22.6. The lowest BCUT2D eigenvalue weighted by Crippen LogP contribution is -2.59. The van der Waals surface area contributed by atoms with Crippen molar-refractivity contribution in [1.82, 2.24) is 29.8 Å². The summed E-state index contributed by atoms with van der Waals surface area (Å²) >= 11 is 8.99. The van der Waals surface area contributed by atoms with Crippen LogP contribution in [-0.4, -0.2) is 83.7 Å². The van der Waals surface area contributed by atoms with Crippen LogP contribution in [0.25, 0.3) is 10.9 Å². The summed E-state index contributed by atoms with van der Waals surface area (Å²) in [6.07, 6.45) is 1.70. The molecule has 218 valence electrons. The number of amides is 3. The molecule has 2 aromatic heterocycles. The van der Waals surface area contributed by atoms with Gasteiger partial charge in [0.2, 0.25) is 21.8 Å². The standard InChI is InChI=1S/C27H30BrClN6O5S/c1-27(2,3)23(33-25(37)21-8-15-6-4-5-7-20(15)32-21)26(38)35-14-16-9-17(35)13-34(16)22(36)12-31-41(39,40)18-10-19(28)24(29)30-11-18/h4-8,10-11,16-17,23,31-32H,9,12-14H2,1-3H3,(H,33,37)/t16-,17-,23+/m0/s1. The highest BCUT2D eigenvalue weighted by Crippen LogP contribution is 2.33. The molecule has 41 heavy (non-hydrogen) atoms. The van der Waals surface area contributed by atoms with Gasteiger partial charge >= 0.3 is 0 Å². The number of sulfonamides is 1. The van der Waals surface area contributed by atoms with Gasteiger partial charge in [0.25, 0.3) is 5.91 Å². The van der Waals surface area contributed by atoms with Gasteiger partial charge in [-0.2, -0.15) is 0 Å². The quantitative estimate of drug-likeness (QED) is 0.331. The van der Waals surface area contributed by atoms with E-state index in [4.69, 9.17) is 11.6 Å². The molecule has 2 fully saturated rings. The summed E-state index contributed by atoms with van der Waals surface area (Å²) in [7, 11) is -3.99.